The number of para-hydroxylation sites is 1. The number of rotatable bonds is 4. The molecule has 2 aromatic heterocycles. The number of aromatic nitrogens is 4. The van der Waals surface area contributed by atoms with Gasteiger partial charge in [-0.3, -0.25) is 9.78 Å². The van der Waals surface area contributed by atoms with Crippen molar-refractivity contribution in [1.29, 1.82) is 0 Å². The second-order valence-corrected chi connectivity index (χ2v) is 8.29. The summed E-state index contributed by atoms with van der Waals surface area (Å²) in [7, 11) is 0. The minimum absolute atomic E-state index is 0.0332. The number of carbonyl (C=O) groups excluding carboxylic acids is 1. The number of amides is 1. The Hall–Kier alpha value is -3.74. The molecule has 1 aliphatic rings. The molecule has 7 nitrogen and oxygen atoms in total. The number of fused-ring (bicyclic) bond motifs is 1. The Kier molecular flexibility index (Phi) is 5.31. The second-order valence-electron chi connectivity index (χ2n) is 8.29. The highest BCUT2D eigenvalue weighted by Gasteiger charge is 2.32. The van der Waals surface area contributed by atoms with Gasteiger partial charge in [-0.05, 0) is 57.0 Å². The van der Waals surface area contributed by atoms with Crippen molar-refractivity contribution in [3.05, 3.63) is 78.2 Å². The van der Waals surface area contributed by atoms with Crippen molar-refractivity contribution in [2.45, 2.75) is 38.8 Å². The molecule has 7 heteroatoms. The Bertz CT molecular complexity index is 1250. The molecule has 2 atom stereocenters. The lowest BCUT2D eigenvalue weighted by Crippen LogP contribution is -2.49. The number of ether oxygens (including phenoxy) is 1. The fourth-order valence-electron chi connectivity index (χ4n) is 4.29. The maximum atomic E-state index is 13.6. The minimum atomic E-state index is -0.0868. The number of likely N-dealkylation sites (tertiary alicyclic amines) is 1. The molecule has 0 bridgehead atoms. The smallest absolute Gasteiger partial charge is 0.256 e. The van der Waals surface area contributed by atoms with E-state index in [-0.39, 0.29) is 18.1 Å². The largest absolute Gasteiger partial charge is 0.488 e. The summed E-state index contributed by atoms with van der Waals surface area (Å²) in [5.74, 6) is 0.779. The molecule has 0 radical (unpaired) electrons. The van der Waals surface area contributed by atoms with E-state index >= 15 is 0 Å². The molecule has 2 aromatic carbocycles. The van der Waals surface area contributed by atoms with Gasteiger partial charge in [0, 0.05) is 17.6 Å². The normalized spacial score (nSPS) is 18.6. The third-order valence-electron chi connectivity index (χ3n) is 6.02. The van der Waals surface area contributed by atoms with Gasteiger partial charge in [-0.25, -0.2) is 0 Å². The number of carbonyl (C=O) groups is 1. The highest BCUT2D eigenvalue weighted by atomic mass is 16.5. The second kappa shape index (κ2) is 8.42. The zero-order valence-corrected chi connectivity index (χ0v) is 18.2. The van der Waals surface area contributed by atoms with E-state index in [1.165, 1.54) is 4.80 Å². The first kappa shape index (κ1) is 20.2. The van der Waals surface area contributed by atoms with Gasteiger partial charge in [-0.1, -0.05) is 23.8 Å². The van der Waals surface area contributed by atoms with Gasteiger partial charge in [0.25, 0.3) is 5.91 Å². The fourth-order valence-corrected chi connectivity index (χ4v) is 4.29. The van der Waals surface area contributed by atoms with E-state index in [0.29, 0.717) is 17.8 Å². The predicted octanol–water partition coefficient (Wildman–Crippen LogP) is 4.20. The maximum absolute atomic E-state index is 13.6. The summed E-state index contributed by atoms with van der Waals surface area (Å²) in [6.07, 6.45) is 6.67. The molecule has 1 amide bonds. The number of benzene rings is 2. The van der Waals surface area contributed by atoms with Gasteiger partial charge in [0.05, 0.1) is 35.7 Å². The summed E-state index contributed by atoms with van der Waals surface area (Å²) in [6, 6.07) is 15.6. The lowest BCUT2D eigenvalue weighted by Gasteiger charge is -2.38. The summed E-state index contributed by atoms with van der Waals surface area (Å²) < 4.78 is 6.43. The fraction of sp³-hybridized carbons (Fsp3) is 0.280. The number of nitrogens with zero attached hydrogens (tertiary/aromatic N) is 5. The van der Waals surface area contributed by atoms with E-state index < -0.39 is 0 Å². The molecule has 162 valence electrons. The summed E-state index contributed by atoms with van der Waals surface area (Å²) in [5.41, 5.74) is 3.33. The van der Waals surface area contributed by atoms with Crippen molar-refractivity contribution in [3.8, 4) is 11.4 Å². The third kappa shape index (κ3) is 3.82. The molecule has 1 saturated heterocycles. The van der Waals surface area contributed by atoms with Gasteiger partial charge in [-0.2, -0.15) is 15.0 Å². The Morgan fingerprint density at radius 1 is 1.03 bits per heavy atom. The van der Waals surface area contributed by atoms with Gasteiger partial charge in [0.15, 0.2) is 0 Å². The Labute approximate surface area is 186 Å². The van der Waals surface area contributed by atoms with Crippen molar-refractivity contribution in [3.63, 3.8) is 0 Å². The van der Waals surface area contributed by atoms with Crippen molar-refractivity contribution in [2.24, 2.45) is 0 Å². The van der Waals surface area contributed by atoms with Crippen LogP contribution in [0.4, 0.5) is 0 Å². The van der Waals surface area contributed by atoms with Crippen LogP contribution >= 0.6 is 0 Å². The number of hydrogen-bond donors (Lipinski definition) is 0. The van der Waals surface area contributed by atoms with E-state index in [1.807, 2.05) is 47.4 Å². The lowest BCUT2D eigenvalue weighted by molar-refractivity contribution is 0.0388. The summed E-state index contributed by atoms with van der Waals surface area (Å²) in [6.45, 7) is 4.68. The van der Waals surface area contributed by atoms with Crippen LogP contribution in [0.2, 0.25) is 0 Å². The van der Waals surface area contributed by atoms with Crippen LogP contribution in [-0.4, -0.2) is 49.5 Å². The number of hydrogen-bond acceptors (Lipinski definition) is 5. The molecule has 0 N–H and O–H groups in total. The van der Waals surface area contributed by atoms with E-state index in [9.17, 15) is 4.79 Å². The van der Waals surface area contributed by atoms with Crippen molar-refractivity contribution in [2.75, 3.05) is 6.54 Å². The first-order chi connectivity index (χ1) is 15.6. The Morgan fingerprint density at radius 3 is 2.69 bits per heavy atom. The molecular weight excluding hydrogens is 402 g/mol. The SMILES string of the molecule is Cc1ccc2nccc(OC3CCC(C)N(C(=O)c4ccccc4-n4nccn4)C3)c2c1. The molecule has 0 spiro atoms. The standard InChI is InChI=1S/C25H25N5O2/c1-17-7-10-22-21(15-17)24(11-12-26-22)32-19-9-8-18(2)29(16-19)25(31)20-5-3-4-6-23(20)30-27-13-14-28-30/h3-7,10-15,18-19H,8-9,16H2,1-2H3. The van der Waals surface area contributed by atoms with E-state index in [4.69, 9.17) is 4.74 Å². The van der Waals surface area contributed by atoms with Crippen molar-refractivity contribution >= 4 is 16.8 Å². The van der Waals surface area contributed by atoms with Crippen LogP contribution in [0.15, 0.2) is 67.1 Å². The zero-order chi connectivity index (χ0) is 22.1. The molecule has 1 fully saturated rings. The molecule has 3 heterocycles. The quantitative estimate of drug-likeness (QED) is 0.488. The molecule has 5 rings (SSSR count). The van der Waals surface area contributed by atoms with Crippen LogP contribution in [0.1, 0.15) is 35.7 Å². The Balaban J connectivity index is 1.40. The topological polar surface area (TPSA) is 73.1 Å². The molecule has 0 aliphatic carbocycles. The zero-order valence-electron chi connectivity index (χ0n) is 18.2. The van der Waals surface area contributed by atoms with Gasteiger partial charge in [0.2, 0.25) is 0 Å². The van der Waals surface area contributed by atoms with Crippen molar-refractivity contribution < 1.29 is 9.53 Å². The first-order valence-corrected chi connectivity index (χ1v) is 10.9. The van der Waals surface area contributed by atoms with E-state index in [2.05, 4.69) is 35.1 Å². The van der Waals surface area contributed by atoms with E-state index in [1.54, 1.807) is 18.6 Å². The first-order valence-electron chi connectivity index (χ1n) is 10.9. The monoisotopic (exact) mass is 427 g/mol. The third-order valence-corrected chi connectivity index (χ3v) is 6.02. The highest BCUT2D eigenvalue weighted by Crippen LogP contribution is 2.29. The molecule has 2 unspecified atom stereocenters. The lowest BCUT2D eigenvalue weighted by atomic mass is 9.99. The number of pyridine rings is 1. The van der Waals surface area contributed by atoms with Gasteiger partial charge in [0.1, 0.15) is 11.9 Å². The van der Waals surface area contributed by atoms with Crippen molar-refractivity contribution in [1.82, 2.24) is 24.9 Å². The van der Waals surface area contributed by atoms with Gasteiger partial charge in [-0.15, -0.1) is 0 Å². The Morgan fingerprint density at radius 2 is 1.84 bits per heavy atom. The van der Waals surface area contributed by atoms with Crippen LogP contribution in [0.5, 0.6) is 5.75 Å². The van der Waals surface area contributed by atoms with Crippen LogP contribution in [-0.2, 0) is 0 Å². The van der Waals surface area contributed by atoms with Crippen LogP contribution < -0.4 is 4.74 Å². The molecule has 32 heavy (non-hydrogen) atoms. The molecular formula is C25H25N5O2. The molecule has 4 aromatic rings. The highest BCUT2D eigenvalue weighted by molar-refractivity contribution is 5.98. The summed E-state index contributed by atoms with van der Waals surface area (Å²) >= 11 is 0. The summed E-state index contributed by atoms with van der Waals surface area (Å²) in [4.78, 5) is 21.4. The molecule has 1 aliphatic heterocycles. The van der Waals surface area contributed by atoms with Gasteiger partial charge < -0.3 is 9.64 Å². The maximum Gasteiger partial charge on any atom is 0.256 e. The number of aryl methyl sites for hydroxylation is 1. The average Bonchev–Trinajstić information content (AvgIpc) is 3.35. The van der Waals surface area contributed by atoms with Crippen LogP contribution in [0.25, 0.3) is 16.6 Å². The average molecular weight is 428 g/mol. The van der Waals surface area contributed by atoms with Crippen LogP contribution in [0.3, 0.4) is 0 Å². The minimum Gasteiger partial charge on any atom is -0.488 e. The van der Waals surface area contributed by atoms with Gasteiger partial charge >= 0.3 is 0 Å². The summed E-state index contributed by atoms with van der Waals surface area (Å²) in [5, 5.41) is 9.41. The van der Waals surface area contributed by atoms with E-state index in [0.717, 1.165) is 35.1 Å². The molecule has 0 saturated carbocycles. The predicted molar refractivity (Wildman–Crippen MR) is 122 cm³/mol. The number of piperidine rings is 1. The van der Waals surface area contributed by atoms with Crippen LogP contribution in [0, 0.1) is 6.92 Å².